The van der Waals surface area contributed by atoms with Gasteiger partial charge >= 0.3 is 0 Å². The van der Waals surface area contributed by atoms with E-state index in [2.05, 4.69) is 15.9 Å². The van der Waals surface area contributed by atoms with Gasteiger partial charge in [-0.15, -0.1) is 11.3 Å². The van der Waals surface area contributed by atoms with Gasteiger partial charge in [0.05, 0.1) is 9.70 Å². The van der Waals surface area contributed by atoms with Crippen LogP contribution in [0, 0.1) is 5.92 Å². The van der Waals surface area contributed by atoms with Gasteiger partial charge in [0.2, 0.25) is 5.91 Å². The van der Waals surface area contributed by atoms with Crippen LogP contribution in [-0.2, 0) is 14.8 Å². The Morgan fingerprint density at radius 3 is 2.52 bits per heavy atom. The van der Waals surface area contributed by atoms with Crippen LogP contribution in [0.2, 0.25) is 0 Å². The number of hydrogen-bond donors (Lipinski definition) is 0. The molecule has 0 saturated carbocycles. The van der Waals surface area contributed by atoms with E-state index < -0.39 is 10.0 Å². The Morgan fingerprint density at radius 1 is 1.22 bits per heavy atom. The molecule has 1 aliphatic rings. The van der Waals surface area contributed by atoms with Crippen molar-refractivity contribution in [2.45, 2.75) is 36.9 Å². The van der Waals surface area contributed by atoms with Crippen LogP contribution in [0.1, 0.15) is 26.7 Å². The van der Waals surface area contributed by atoms with Gasteiger partial charge in [-0.1, -0.05) is 18.2 Å². The number of amides is 1. The summed E-state index contributed by atoms with van der Waals surface area (Å²) in [7, 11) is -3.57. The fourth-order valence-corrected chi connectivity index (χ4v) is 7.08. The standard InChI is InChI=1S/C19H23BrN2O3S2/c1-14(2)22(16-8-4-3-5-9-16)19(23)15-7-6-12-21(13-15)27(24,25)18-11-10-17(20)26-18/h3-5,8-11,14-15H,6-7,12-13H2,1-2H3. The Bertz CT molecular complexity index is 897. The average Bonchev–Trinajstić information content (AvgIpc) is 3.10. The van der Waals surface area contributed by atoms with Crippen LogP contribution in [-0.4, -0.2) is 37.8 Å². The molecular formula is C19H23BrN2O3S2. The van der Waals surface area contributed by atoms with E-state index in [4.69, 9.17) is 0 Å². The molecular weight excluding hydrogens is 448 g/mol. The van der Waals surface area contributed by atoms with Crippen LogP contribution in [0.3, 0.4) is 0 Å². The first-order chi connectivity index (χ1) is 12.8. The van der Waals surface area contributed by atoms with Crippen molar-refractivity contribution in [3.05, 3.63) is 46.3 Å². The van der Waals surface area contributed by atoms with E-state index in [1.54, 1.807) is 17.0 Å². The SMILES string of the molecule is CC(C)N(C(=O)C1CCCN(S(=O)(=O)c2ccc(Br)s2)C1)c1ccccc1. The van der Waals surface area contributed by atoms with Gasteiger partial charge in [0, 0.05) is 24.8 Å². The van der Waals surface area contributed by atoms with Crippen molar-refractivity contribution in [3.8, 4) is 0 Å². The fraction of sp³-hybridized carbons (Fsp3) is 0.421. The molecule has 5 nitrogen and oxygen atoms in total. The quantitative estimate of drug-likeness (QED) is 0.652. The lowest BCUT2D eigenvalue weighted by molar-refractivity contribution is -0.123. The van der Waals surface area contributed by atoms with E-state index in [-0.39, 0.29) is 24.4 Å². The first kappa shape index (κ1) is 20.5. The zero-order valence-corrected chi connectivity index (χ0v) is 18.6. The van der Waals surface area contributed by atoms with E-state index in [1.807, 2.05) is 44.2 Å². The van der Waals surface area contributed by atoms with Crippen LogP contribution >= 0.6 is 27.3 Å². The minimum atomic E-state index is -3.57. The minimum absolute atomic E-state index is 0.000125. The number of sulfonamides is 1. The van der Waals surface area contributed by atoms with Crippen molar-refractivity contribution in [1.29, 1.82) is 0 Å². The highest BCUT2D eigenvalue weighted by Crippen LogP contribution is 2.32. The third-order valence-electron chi connectivity index (χ3n) is 4.66. The maximum atomic E-state index is 13.3. The molecule has 1 saturated heterocycles. The van der Waals surface area contributed by atoms with Gasteiger partial charge in [-0.05, 0) is 66.9 Å². The smallest absolute Gasteiger partial charge is 0.252 e. The molecule has 146 valence electrons. The molecule has 3 rings (SSSR count). The number of nitrogens with zero attached hydrogens (tertiary/aromatic N) is 2. The number of benzene rings is 1. The molecule has 1 aromatic carbocycles. The van der Waals surface area contributed by atoms with Gasteiger partial charge in [0.1, 0.15) is 4.21 Å². The molecule has 1 fully saturated rings. The number of halogens is 1. The maximum Gasteiger partial charge on any atom is 0.252 e. The largest absolute Gasteiger partial charge is 0.310 e. The Morgan fingerprint density at radius 2 is 1.93 bits per heavy atom. The number of para-hydroxylation sites is 1. The predicted octanol–water partition coefficient (Wildman–Crippen LogP) is 4.35. The van der Waals surface area contributed by atoms with Gasteiger partial charge < -0.3 is 4.90 Å². The lowest BCUT2D eigenvalue weighted by atomic mass is 9.97. The highest BCUT2D eigenvalue weighted by Gasteiger charge is 2.36. The van der Waals surface area contributed by atoms with E-state index in [0.717, 1.165) is 9.47 Å². The second-order valence-electron chi connectivity index (χ2n) is 6.90. The molecule has 27 heavy (non-hydrogen) atoms. The third-order valence-corrected chi connectivity index (χ3v) is 8.62. The Labute approximate surface area is 173 Å². The maximum absolute atomic E-state index is 13.3. The van der Waals surface area contributed by atoms with E-state index in [1.165, 1.54) is 15.6 Å². The normalized spacial score (nSPS) is 18.6. The number of carbonyl (C=O) groups excluding carboxylic acids is 1. The number of thiophene rings is 1. The topological polar surface area (TPSA) is 57.7 Å². The lowest BCUT2D eigenvalue weighted by Gasteiger charge is -2.35. The lowest BCUT2D eigenvalue weighted by Crippen LogP contribution is -2.48. The third kappa shape index (κ3) is 4.45. The molecule has 8 heteroatoms. The first-order valence-corrected chi connectivity index (χ1v) is 12.0. The van der Waals surface area contributed by atoms with Crippen LogP contribution in [0.15, 0.2) is 50.5 Å². The van der Waals surface area contributed by atoms with E-state index in [0.29, 0.717) is 23.6 Å². The minimum Gasteiger partial charge on any atom is -0.310 e. The molecule has 1 atom stereocenters. The molecule has 0 spiro atoms. The Kier molecular flexibility index (Phi) is 6.40. The van der Waals surface area contributed by atoms with Crippen LogP contribution in [0.5, 0.6) is 0 Å². The van der Waals surface area contributed by atoms with Crippen molar-refractivity contribution in [2.24, 2.45) is 5.92 Å². The molecule has 2 heterocycles. The van der Waals surface area contributed by atoms with Gasteiger partial charge in [-0.3, -0.25) is 4.79 Å². The van der Waals surface area contributed by atoms with Gasteiger partial charge in [-0.2, -0.15) is 4.31 Å². The summed E-state index contributed by atoms with van der Waals surface area (Å²) in [6.07, 6.45) is 1.39. The molecule has 1 amide bonds. The summed E-state index contributed by atoms with van der Waals surface area (Å²) >= 11 is 4.52. The summed E-state index contributed by atoms with van der Waals surface area (Å²) < 4.78 is 28.4. The number of piperidine rings is 1. The Balaban J connectivity index is 1.82. The molecule has 1 unspecified atom stereocenters. The fourth-order valence-electron chi connectivity index (χ4n) is 3.39. The number of anilines is 1. The summed E-state index contributed by atoms with van der Waals surface area (Å²) in [5.41, 5.74) is 0.847. The second-order valence-corrected chi connectivity index (χ2v) is 11.5. The summed E-state index contributed by atoms with van der Waals surface area (Å²) in [6.45, 7) is 4.64. The van der Waals surface area contributed by atoms with Gasteiger partial charge in [0.25, 0.3) is 10.0 Å². The highest BCUT2D eigenvalue weighted by atomic mass is 79.9. The van der Waals surface area contributed by atoms with Crippen LogP contribution < -0.4 is 4.90 Å². The Hall–Kier alpha value is -1.22. The number of rotatable bonds is 5. The highest BCUT2D eigenvalue weighted by molar-refractivity contribution is 9.11. The van der Waals surface area contributed by atoms with E-state index >= 15 is 0 Å². The van der Waals surface area contributed by atoms with Crippen molar-refractivity contribution in [1.82, 2.24) is 4.31 Å². The van der Waals surface area contributed by atoms with Gasteiger partial charge in [-0.25, -0.2) is 8.42 Å². The zero-order chi connectivity index (χ0) is 19.6. The van der Waals surface area contributed by atoms with Crippen molar-refractivity contribution in [2.75, 3.05) is 18.0 Å². The van der Waals surface area contributed by atoms with Crippen LogP contribution in [0.4, 0.5) is 5.69 Å². The number of carbonyl (C=O) groups is 1. The van der Waals surface area contributed by atoms with Crippen molar-refractivity contribution < 1.29 is 13.2 Å². The average molecular weight is 471 g/mol. The molecule has 0 aliphatic carbocycles. The van der Waals surface area contributed by atoms with Gasteiger partial charge in [0.15, 0.2) is 0 Å². The van der Waals surface area contributed by atoms with Crippen molar-refractivity contribution >= 4 is 48.9 Å². The summed E-state index contributed by atoms with van der Waals surface area (Å²) in [4.78, 5) is 15.0. The summed E-state index contributed by atoms with van der Waals surface area (Å²) in [5.74, 6) is -0.344. The molecule has 1 aromatic heterocycles. The zero-order valence-electron chi connectivity index (χ0n) is 15.3. The summed E-state index contributed by atoms with van der Waals surface area (Å²) in [5, 5.41) is 0. The first-order valence-electron chi connectivity index (χ1n) is 8.94. The monoisotopic (exact) mass is 470 g/mol. The molecule has 0 N–H and O–H groups in total. The molecule has 2 aromatic rings. The second kappa shape index (κ2) is 8.43. The van der Waals surface area contributed by atoms with E-state index in [9.17, 15) is 13.2 Å². The van der Waals surface area contributed by atoms with Crippen molar-refractivity contribution in [3.63, 3.8) is 0 Å². The summed E-state index contributed by atoms with van der Waals surface area (Å²) in [6, 6.07) is 12.9. The molecule has 0 radical (unpaired) electrons. The molecule has 0 bridgehead atoms. The molecule has 1 aliphatic heterocycles. The van der Waals surface area contributed by atoms with Crippen LogP contribution in [0.25, 0.3) is 0 Å². The number of hydrogen-bond acceptors (Lipinski definition) is 4. The predicted molar refractivity (Wildman–Crippen MR) is 113 cm³/mol.